The fourth-order valence-electron chi connectivity index (χ4n) is 4.37. The zero-order valence-electron chi connectivity index (χ0n) is 17.0. The van der Waals surface area contributed by atoms with Gasteiger partial charge in [-0.3, -0.25) is 9.78 Å². The third kappa shape index (κ3) is 2.75. The number of hydrogen-bond acceptors (Lipinski definition) is 7. The topological polar surface area (TPSA) is 145 Å². The van der Waals surface area contributed by atoms with Crippen LogP contribution in [0.5, 0.6) is 0 Å². The van der Waals surface area contributed by atoms with Gasteiger partial charge in [0.1, 0.15) is 10.4 Å². The van der Waals surface area contributed by atoms with E-state index in [4.69, 9.17) is 17.2 Å². The number of carboxylic acids is 1. The number of hydrogen-bond donors (Lipinski definition) is 4. The second-order valence-corrected chi connectivity index (χ2v) is 9.32. The number of ketones is 1. The van der Waals surface area contributed by atoms with Crippen LogP contribution in [0.15, 0.2) is 24.4 Å². The molecule has 3 aromatic rings. The molecule has 2 aromatic heterocycles. The SMILES string of the molecule is Cc1cc(CC(C)C)ncc1C1(N)C(=O)C(N)c2c(C(=O)O)sc3c(N)ccc1c23. The summed E-state index contributed by atoms with van der Waals surface area (Å²) in [4.78, 5) is 29.9. The molecule has 156 valence electrons. The van der Waals surface area contributed by atoms with Gasteiger partial charge in [0.15, 0.2) is 5.78 Å². The summed E-state index contributed by atoms with van der Waals surface area (Å²) in [5.41, 5.74) is 21.3. The van der Waals surface area contributed by atoms with Crippen LogP contribution in [0.3, 0.4) is 0 Å². The van der Waals surface area contributed by atoms with Crippen molar-refractivity contribution in [3.05, 3.63) is 57.2 Å². The van der Waals surface area contributed by atoms with Gasteiger partial charge in [0.05, 0.1) is 10.7 Å². The predicted molar refractivity (Wildman–Crippen MR) is 118 cm³/mol. The zero-order valence-corrected chi connectivity index (χ0v) is 17.8. The second kappa shape index (κ2) is 6.87. The zero-order chi connectivity index (χ0) is 22.0. The minimum atomic E-state index is -1.54. The molecule has 2 unspecified atom stereocenters. The van der Waals surface area contributed by atoms with E-state index in [0.717, 1.165) is 29.0 Å². The third-order valence-corrected chi connectivity index (χ3v) is 6.96. The van der Waals surface area contributed by atoms with E-state index in [1.807, 2.05) is 13.0 Å². The van der Waals surface area contributed by atoms with Crippen molar-refractivity contribution in [2.45, 2.75) is 38.8 Å². The number of Topliss-reactive ketones (excluding diaryl/α,β-unsaturated/α-hetero) is 1. The quantitative estimate of drug-likeness (QED) is 0.471. The Balaban J connectivity index is 2.02. The van der Waals surface area contributed by atoms with E-state index in [1.165, 1.54) is 0 Å². The van der Waals surface area contributed by atoms with Crippen molar-refractivity contribution in [2.75, 3.05) is 5.73 Å². The van der Waals surface area contributed by atoms with E-state index < -0.39 is 23.3 Å². The van der Waals surface area contributed by atoms with Gasteiger partial charge >= 0.3 is 5.97 Å². The smallest absolute Gasteiger partial charge is 0.346 e. The standard InChI is InChI=1S/C22H24N4O3S/c1-9(2)6-11-7-10(3)13(8-26-11)22(25)12-4-5-14(23)18-15(12)16(17(24)20(22)27)19(30-18)21(28)29/h4-5,7-9,17H,6,23-25H2,1-3H3,(H,28,29). The summed E-state index contributed by atoms with van der Waals surface area (Å²) in [5, 5.41) is 10.2. The molecule has 0 spiro atoms. The van der Waals surface area contributed by atoms with Gasteiger partial charge in [-0.05, 0) is 42.5 Å². The molecule has 7 N–H and O–H groups in total. The highest BCUT2D eigenvalue weighted by molar-refractivity contribution is 7.21. The molecule has 4 rings (SSSR count). The maximum atomic E-state index is 13.5. The first-order valence-corrected chi connectivity index (χ1v) is 10.5. The molecule has 7 nitrogen and oxygen atoms in total. The van der Waals surface area contributed by atoms with Crippen LogP contribution in [0.4, 0.5) is 5.69 Å². The van der Waals surface area contributed by atoms with Gasteiger partial charge in [0.25, 0.3) is 0 Å². The molecule has 0 amide bonds. The van der Waals surface area contributed by atoms with Gasteiger partial charge in [-0.1, -0.05) is 19.9 Å². The maximum Gasteiger partial charge on any atom is 0.346 e. The molecular formula is C22H24N4O3S. The second-order valence-electron chi connectivity index (χ2n) is 8.29. The number of nitrogens with zero attached hydrogens (tertiary/aromatic N) is 1. The first-order valence-electron chi connectivity index (χ1n) is 9.70. The molecule has 1 aliphatic rings. The Labute approximate surface area is 177 Å². The highest BCUT2D eigenvalue weighted by Gasteiger charge is 2.49. The Morgan fingerprint density at radius 1 is 1.33 bits per heavy atom. The van der Waals surface area contributed by atoms with Gasteiger partial charge < -0.3 is 22.3 Å². The average Bonchev–Trinajstić information content (AvgIpc) is 3.07. The highest BCUT2D eigenvalue weighted by atomic mass is 32.1. The summed E-state index contributed by atoms with van der Waals surface area (Å²) >= 11 is 1.02. The van der Waals surface area contributed by atoms with Crippen molar-refractivity contribution >= 4 is 38.9 Å². The van der Waals surface area contributed by atoms with Crippen LogP contribution < -0.4 is 17.2 Å². The highest BCUT2D eigenvalue weighted by Crippen LogP contribution is 2.49. The third-order valence-electron chi connectivity index (χ3n) is 5.72. The van der Waals surface area contributed by atoms with E-state index in [0.29, 0.717) is 32.8 Å². The normalized spacial score (nSPS) is 20.9. The number of aryl methyl sites for hydroxylation is 1. The van der Waals surface area contributed by atoms with Crippen molar-refractivity contribution in [1.82, 2.24) is 4.98 Å². The van der Waals surface area contributed by atoms with E-state index in [1.54, 1.807) is 18.3 Å². The van der Waals surface area contributed by atoms with Crippen LogP contribution in [0.2, 0.25) is 0 Å². The number of rotatable bonds is 4. The number of benzene rings is 1. The number of carboxylic acid groups (broad SMARTS) is 1. The number of carbonyl (C=O) groups is 2. The number of aromatic nitrogens is 1. The number of pyridine rings is 1. The summed E-state index contributed by atoms with van der Waals surface area (Å²) in [6.07, 6.45) is 2.46. The van der Waals surface area contributed by atoms with Crippen molar-refractivity contribution in [3.8, 4) is 0 Å². The first kappa shape index (κ1) is 20.5. The minimum Gasteiger partial charge on any atom is -0.477 e. The van der Waals surface area contributed by atoms with E-state index in [2.05, 4.69) is 18.8 Å². The Hall–Kier alpha value is -2.81. The van der Waals surface area contributed by atoms with Crippen LogP contribution in [0, 0.1) is 12.8 Å². The summed E-state index contributed by atoms with van der Waals surface area (Å²) in [7, 11) is 0. The molecule has 1 aliphatic carbocycles. The Bertz CT molecular complexity index is 1220. The summed E-state index contributed by atoms with van der Waals surface area (Å²) < 4.78 is 0.583. The van der Waals surface area contributed by atoms with Gasteiger partial charge in [-0.25, -0.2) is 4.79 Å². The van der Waals surface area contributed by atoms with Crippen LogP contribution in [0.25, 0.3) is 10.1 Å². The average molecular weight is 425 g/mol. The number of nitrogens with two attached hydrogens (primary N) is 3. The van der Waals surface area contributed by atoms with Gasteiger partial charge in [-0.2, -0.15) is 0 Å². The van der Waals surface area contributed by atoms with E-state index in [-0.39, 0.29) is 10.4 Å². The molecule has 8 heteroatoms. The molecule has 0 fully saturated rings. The molecule has 0 bridgehead atoms. The molecule has 2 heterocycles. The minimum absolute atomic E-state index is 0.0224. The number of nitrogen functional groups attached to an aromatic ring is 1. The molecule has 0 radical (unpaired) electrons. The summed E-state index contributed by atoms with van der Waals surface area (Å²) in [5.74, 6) is -1.15. The summed E-state index contributed by atoms with van der Waals surface area (Å²) in [6, 6.07) is 4.14. The number of carbonyl (C=O) groups excluding carboxylic acids is 1. The first-order chi connectivity index (χ1) is 14.1. The van der Waals surface area contributed by atoms with Gasteiger partial charge in [0, 0.05) is 34.1 Å². The predicted octanol–water partition coefficient (Wildman–Crippen LogP) is 2.87. The van der Waals surface area contributed by atoms with Crippen molar-refractivity contribution < 1.29 is 14.7 Å². The lowest BCUT2D eigenvalue weighted by atomic mass is 9.70. The van der Waals surface area contributed by atoms with Crippen molar-refractivity contribution in [2.24, 2.45) is 17.4 Å². The molecule has 0 saturated heterocycles. The number of aromatic carboxylic acids is 1. The van der Waals surface area contributed by atoms with Crippen molar-refractivity contribution in [3.63, 3.8) is 0 Å². The van der Waals surface area contributed by atoms with Crippen molar-refractivity contribution in [1.29, 1.82) is 0 Å². The largest absolute Gasteiger partial charge is 0.477 e. The molecule has 1 aromatic carbocycles. The van der Waals surface area contributed by atoms with Gasteiger partial charge in [-0.15, -0.1) is 11.3 Å². The van der Waals surface area contributed by atoms with Crippen LogP contribution in [-0.2, 0) is 16.8 Å². The fraction of sp³-hybridized carbons (Fsp3) is 0.318. The molecule has 2 atom stereocenters. The maximum absolute atomic E-state index is 13.5. The number of anilines is 1. The molecule has 30 heavy (non-hydrogen) atoms. The molecular weight excluding hydrogens is 400 g/mol. The van der Waals surface area contributed by atoms with E-state index in [9.17, 15) is 14.7 Å². The Morgan fingerprint density at radius 3 is 2.63 bits per heavy atom. The van der Waals surface area contributed by atoms with Gasteiger partial charge in [0.2, 0.25) is 0 Å². The summed E-state index contributed by atoms with van der Waals surface area (Å²) in [6.45, 7) is 6.12. The van der Waals surface area contributed by atoms with Crippen LogP contribution in [0.1, 0.15) is 57.5 Å². The van der Waals surface area contributed by atoms with Crippen LogP contribution in [-0.4, -0.2) is 21.8 Å². The molecule has 0 saturated carbocycles. The lowest BCUT2D eigenvalue weighted by Crippen LogP contribution is -2.53. The fourth-order valence-corrected chi connectivity index (χ4v) is 5.51. The molecule has 0 aliphatic heterocycles. The van der Waals surface area contributed by atoms with E-state index >= 15 is 0 Å². The lowest BCUT2D eigenvalue weighted by molar-refractivity contribution is -0.124. The Kier molecular flexibility index (Phi) is 4.68. The number of thiophene rings is 1. The van der Waals surface area contributed by atoms with Crippen LogP contribution >= 0.6 is 11.3 Å². The lowest BCUT2D eigenvalue weighted by Gasteiger charge is -2.37. The monoisotopic (exact) mass is 424 g/mol. The Morgan fingerprint density at radius 2 is 2.03 bits per heavy atom.